The number of aryl methyl sites for hydroxylation is 1. The van der Waals surface area contributed by atoms with Crippen LogP contribution in [0.5, 0.6) is 5.06 Å². The summed E-state index contributed by atoms with van der Waals surface area (Å²) in [5, 5.41) is 4.47. The van der Waals surface area contributed by atoms with Crippen LogP contribution in [0.15, 0.2) is 35.7 Å². The van der Waals surface area contributed by atoms with Crippen molar-refractivity contribution in [3.05, 3.63) is 40.6 Å². The van der Waals surface area contributed by atoms with Gasteiger partial charge in [-0.1, -0.05) is 19.4 Å². The minimum absolute atomic E-state index is 0.0401. The van der Waals surface area contributed by atoms with Gasteiger partial charge in [0.25, 0.3) is 5.91 Å². The molecule has 2 aliphatic heterocycles. The van der Waals surface area contributed by atoms with Crippen molar-refractivity contribution in [3.8, 4) is 5.06 Å². The van der Waals surface area contributed by atoms with E-state index in [1.54, 1.807) is 18.4 Å². The molecule has 2 saturated heterocycles. The number of piperidine rings is 1. The number of nitrogens with one attached hydrogen (secondary N) is 1. The topological polar surface area (TPSA) is 54.0 Å². The Morgan fingerprint density at radius 1 is 1.28 bits per heavy atom. The second-order valence-corrected chi connectivity index (χ2v) is 10.2. The number of nitrogens with zero attached hydrogens (tertiary/aromatic N) is 2. The number of hydrogen-bond donors (Lipinski definition) is 1. The van der Waals surface area contributed by atoms with Crippen LogP contribution in [0.3, 0.4) is 0 Å². The van der Waals surface area contributed by atoms with Crippen LogP contribution in [-0.4, -0.2) is 67.2 Å². The van der Waals surface area contributed by atoms with Crippen molar-refractivity contribution in [1.29, 1.82) is 0 Å². The van der Waals surface area contributed by atoms with Crippen molar-refractivity contribution < 1.29 is 14.3 Å². The number of amides is 1. The van der Waals surface area contributed by atoms with E-state index in [0.717, 1.165) is 69.0 Å². The van der Waals surface area contributed by atoms with Crippen LogP contribution in [0.4, 0.5) is 0 Å². The van der Waals surface area contributed by atoms with Gasteiger partial charge in [-0.2, -0.15) is 0 Å². The number of methoxy groups -OCH3 is 1. The normalized spacial score (nSPS) is 26.4. The van der Waals surface area contributed by atoms with Gasteiger partial charge >= 0.3 is 0 Å². The lowest BCUT2D eigenvalue weighted by Crippen LogP contribution is -2.67. The van der Waals surface area contributed by atoms with Gasteiger partial charge in [-0.05, 0) is 57.4 Å². The first kappa shape index (κ1) is 23.2. The van der Waals surface area contributed by atoms with E-state index in [-0.39, 0.29) is 11.9 Å². The summed E-state index contributed by atoms with van der Waals surface area (Å²) in [7, 11) is 1.76. The molecule has 3 aliphatic rings. The molecule has 1 aromatic rings. The number of hydrogen-bond acceptors (Lipinski definition) is 6. The molecule has 1 aliphatic carbocycles. The Labute approximate surface area is 196 Å². The van der Waals surface area contributed by atoms with Crippen molar-refractivity contribution in [2.45, 2.75) is 64.0 Å². The summed E-state index contributed by atoms with van der Waals surface area (Å²) in [4.78, 5) is 19.7. The van der Waals surface area contributed by atoms with E-state index in [9.17, 15) is 4.79 Å². The Balaban J connectivity index is 1.52. The molecule has 6 nitrogen and oxygen atoms in total. The molecule has 2 fully saturated rings. The second kappa shape index (κ2) is 10.3. The number of allylic oxidation sites excluding steroid dienone is 3. The molecule has 2 atom stereocenters. The highest BCUT2D eigenvalue weighted by Crippen LogP contribution is 2.36. The van der Waals surface area contributed by atoms with Gasteiger partial charge in [-0.3, -0.25) is 4.79 Å². The maximum Gasteiger partial charge on any atom is 0.268 e. The van der Waals surface area contributed by atoms with Gasteiger partial charge in [0.15, 0.2) is 5.06 Å². The third-order valence-electron chi connectivity index (χ3n) is 6.87. The lowest BCUT2D eigenvalue weighted by Gasteiger charge is -2.47. The summed E-state index contributed by atoms with van der Waals surface area (Å²) < 4.78 is 12.3. The Morgan fingerprint density at radius 2 is 2.09 bits per heavy atom. The largest absolute Gasteiger partial charge is 0.499 e. The van der Waals surface area contributed by atoms with E-state index < -0.39 is 5.60 Å². The monoisotopic (exact) mass is 459 g/mol. The van der Waals surface area contributed by atoms with E-state index in [1.807, 2.05) is 11.0 Å². The van der Waals surface area contributed by atoms with Crippen molar-refractivity contribution in [2.75, 3.05) is 39.8 Å². The molecule has 3 heterocycles. The standard InChI is InChI=1S/C25H37N3O3S/c1-4-8-22-25(13-7-14-26-22,31-23-12-11-19(2)32-23)24(29)28-17-15-27(16-18-28)20-9-5-6-10-21(20)30-3/h5,9,11-12,22,26H,4,6-8,10,13-18H2,1-3H3. The van der Waals surface area contributed by atoms with Gasteiger partial charge in [-0.15, -0.1) is 11.3 Å². The van der Waals surface area contributed by atoms with E-state index in [0.29, 0.717) is 13.1 Å². The van der Waals surface area contributed by atoms with E-state index in [1.165, 1.54) is 10.6 Å². The highest BCUT2D eigenvalue weighted by atomic mass is 32.1. The van der Waals surface area contributed by atoms with Gasteiger partial charge in [0, 0.05) is 37.5 Å². The molecule has 1 amide bonds. The number of carbonyl (C=O) groups excluding carboxylic acids is 1. The summed E-state index contributed by atoms with van der Waals surface area (Å²) in [6, 6.07) is 4.12. The summed E-state index contributed by atoms with van der Waals surface area (Å²) >= 11 is 1.63. The molecule has 7 heteroatoms. The average Bonchev–Trinajstić information content (AvgIpc) is 3.24. The van der Waals surface area contributed by atoms with Crippen LogP contribution in [0.1, 0.15) is 50.3 Å². The van der Waals surface area contributed by atoms with Crippen LogP contribution in [0.2, 0.25) is 0 Å². The molecule has 1 N–H and O–H groups in total. The molecule has 0 bridgehead atoms. The van der Waals surface area contributed by atoms with Crippen LogP contribution in [0, 0.1) is 6.92 Å². The van der Waals surface area contributed by atoms with E-state index >= 15 is 0 Å². The molecule has 4 rings (SSSR count). The van der Waals surface area contributed by atoms with Gasteiger partial charge in [0.2, 0.25) is 5.60 Å². The molecule has 1 aromatic heterocycles. The molecule has 0 radical (unpaired) electrons. The van der Waals surface area contributed by atoms with Crippen molar-refractivity contribution in [1.82, 2.24) is 15.1 Å². The highest BCUT2D eigenvalue weighted by molar-refractivity contribution is 7.13. The van der Waals surface area contributed by atoms with Crippen molar-refractivity contribution in [2.24, 2.45) is 0 Å². The van der Waals surface area contributed by atoms with E-state index in [2.05, 4.69) is 42.3 Å². The molecule has 2 unspecified atom stereocenters. The number of rotatable bonds is 7. The van der Waals surface area contributed by atoms with Crippen molar-refractivity contribution in [3.63, 3.8) is 0 Å². The second-order valence-electron chi connectivity index (χ2n) is 8.99. The SMILES string of the molecule is CCCC1NCCCC1(Oc1ccc(C)s1)C(=O)N1CCN(C2=C(OC)CCC=C2)CC1. The maximum atomic E-state index is 14.1. The summed E-state index contributed by atoms with van der Waals surface area (Å²) in [6.07, 6.45) is 10.0. The van der Waals surface area contributed by atoms with Gasteiger partial charge in [-0.25, -0.2) is 0 Å². The number of ether oxygens (including phenoxy) is 2. The fraction of sp³-hybridized carbons (Fsp3) is 0.640. The Kier molecular flexibility index (Phi) is 7.46. The fourth-order valence-corrected chi connectivity index (χ4v) is 5.98. The quantitative estimate of drug-likeness (QED) is 0.666. The summed E-state index contributed by atoms with van der Waals surface area (Å²) in [5.74, 6) is 1.20. The lowest BCUT2D eigenvalue weighted by atomic mass is 9.81. The number of piperazine rings is 1. The first-order valence-electron chi connectivity index (χ1n) is 12.0. The number of thiophene rings is 1. The smallest absolute Gasteiger partial charge is 0.268 e. The predicted octanol–water partition coefficient (Wildman–Crippen LogP) is 4.08. The maximum absolute atomic E-state index is 14.1. The molecule has 0 aromatic carbocycles. The summed E-state index contributed by atoms with van der Waals surface area (Å²) in [6.45, 7) is 8.26. The molecule has 0 saturated carbocycles. The average molecular weight is 460 g/mol. The van der Waals surface area contributed by atoms with Crippen LogP contribution >= 0.6 is 11.3 Å². The minimum Gasteiger partial charge on any atom is -0.499 e. The number of carbonyl (C=O) groups is 1. The van der Waals surface area contributed by atoms with Gasteiger partial charge < -0.3 is 24.6 Å². The molecule has 0 spiro atoms. The van der Waals surface area contributed by atoms with Crippen molar-refractivity contribution >= 4 is 17.2 Å². The Morgan fingerprint density at radius 3 is 2.78 bits per heavy atom. The third-order valence-corrected chi connectivity index (χ3v) is 7.75. The zero-order valence-electron chi connectivity index (χ0n) is 19.7. The molecular weight excluding hydrogens is 422 g/mol. The molecule has 176 valence electrons. The third kappa shape index (κ3) is 4.69. The fourth-order valence-electron chi connectivity index (χ4n) is 5.20. The predicted molar refractivity (Wildman–Crippen MR) is 129 cm³/mol. The first-order chi connectivity index (χ1) is 15.6. The molecule has 32 heavy (non-hydrogen) atoms. The Hall–Kier alpha value is -1.99. The zero-order chi connectivity index (χ0) is 22.6. The molecular formula is C25H37N3O3S. The van der Waals surface area contributed by atoms with Crippen LogP contribution in [-0.2, 0) is 9.53 Å². The Bertz CT molecular complexity index is 854. The first-order valence-corrected chi connectivity index (χ1v) is 12.9. The van der Waals surface area contributed by atoms with Gasteiger partial charge in [0.05, 0.1) is 18.8 Å². The van der Waals surface area contributed by atoms with Crippen LogP contribution in [0.25, 0.3) is 0 Å². The summed E-state index contributed by atoms with van der Waals surface area (Å²) in [5.41, 5.74) is 0.351. The highest BCUT2D eigenvalue weighted by Gasteiger charge is 2.51. The van der Waals surface area contributed by atoms with E-state index in [4.69, 9.17) is 9.47 Å². The zero-order valence-corrected chi connectivity index (χ0v) is 20.5. The van der Waals surface area contributed by atoms with Crippen LogP contribution < -0.4 is 10.1 Å². The minimum atomic E-state index is -0.824. The lowest BCUT2D eigenvalue weighted by molar-refractivity contribution is -0.155. The van der Waals surface area contributed by atoms with Gasteiger partial charge in [0.1, 0.15) is 5.76 Å².